The number of carboxylic acid groups (broad SMARTS) is 1. The van der Waals surface area contributed by atoms with E-state index in [9.17, 15) is 18.0 Å². The van der Waals surface area contributed by atoms with Gasteiger partial charge < -0.3 is 5.11 Å². The quantitative estimate of drug-likeness (QED) is 0.809. The predicted octanol–water partition coefficient (Wildman–Crippen LogP) is 2.61. The number of carbonyl (C=O) groups is 1. The molecule has 1 N–H and O–H groups in total. The first-order chi connectivity index (χ1) is 7.89. The zero-order valence-electron chi connectivity index (χ0n) is 8.77. The molecular weight excluding hydrogens is 233 g/mol. The van der Waals surface area contributed by atoms with E-state index in [1.54, 1.807) is 0 Å². The van der Waals surface area contributed by atoms with Gasteiger partial charge in [0.1, 0.15) is 0 Å². The van der Waals surface area contributed by atoms with Gasteiger partial charge in [-0.1, -0.05) is 0 Å². The molecule has 0 heterocycles. The van der Waals surface area contributed by atoms with Gasteiger partial charge in [-0.05, 0) is 42.4 Å². The predicted molar refractivity (Wildman–Crippen MR) is 51.9 cm³/mol. The van der Waals surface area contributed by atoms with Gasteiger partial charge in [0, 0.05) is 0 Å². The number of hydrogen-bond acceptors (Lipinski definition) is 1. The summed E-state index contributed by atoms with van der Waals surface area (Å²) >= 11 is 0. The molecule has 0 radical (unpaired) electrons. The van der Waals surface area contributed by atoms with Gasteiger partial charge in [0.15, 0.2) is 17.5 Å². The second kappa shape index (κ2) is 2.83. The van der Waals surface area contributed by atoms with Crippen LogP contribution in [0.5, 0.6) is 0 Å². The fraction of sp³-hybridized carbons (Fsp3) is 0.417. The van der Waals surface area contributed by atoms with Crippen molar-refractivity contribution in [2.45, 2.75) is 24.7 Å². The molecule has 0 unspecified atom stereocenters. The Hall–Kier alpha value is -1.52. The molecule has 0 spiro atoms. The second-order valence-electron chi connectivity index (χ2n) is 5.15. The molecular formula is C12H9F3O2. The Morgan fingerprint density at radius 2 is 1.59 bits per heavy atom. The van der Waals surface area contributed by atoms with Crippen LogP contribution in [0, 0.1) is 22.9 Å². The summed E-state index contributed by atoms with van der Waals surface area (Å²) < 4.78 is 38.9. The largest absolute Gasteiger partial charge is 0.481 e. The minimum absolute atomic E-state index is 0.372. The smallest absolute Gasteiger partial charge is 0.309 e. The van der Waals surface area contributed by atoms with E-state index in [0.29, 0.717) is 24.8 Å². The molecule has 2 nitrogen and oxygen atoms in total. The van der Waals surface area contributed by atoms with Gasteiger partial charge in [0.2, 0.25) is 0 Å². The SMILES string of the molecule is O=C(O)C12CC(c3cc(F)c(F)c(F)c3)(C1)C2. The maximum absolute atomic E-state index is 13.1. The molecule has 2 bridgehead atoms. The summed E-state index contributed by atoms with van der Waals surface area (Å²) in [6.45, 7) is 0. The van der Waals surface area contributed by atoms with E-state index in [1.807, 2.05) is 0 Å². The average molecular weight is 242 g/mol. The highest BCUT2D eigenvalue weighted by molar-refractivity contribution is 5.80. The first-order valence-electron chi connectivity index (χ1n) is 5.27. The third-order valence-corrected chi connectivity index (χ3v) is 4.08. The van der Waals surface area contributed by atoms with Crippen molar-refractivity contribution in [3.8, 4) is 0 Å². The van der Waals surface area contributed by atoms with Crippen LogP contribution in [0.1, 0.15) is 24.8 Å². The maximum atomic E-state index is 13.1. The van der Waals surface area contributed by atoms with Crippen molar-refractivity contribution >= 4 is 5.97 Å². The molecule has 17 heavy (non-hydrogen) atoms. The first kappa shape index (κ1) is 10.6. The van der Waals surface area contributed by atoms with Crippen LogP contribution in [0.25, 0.3) is 0 Å². The van der Waals surface area contributed by atoms with Gasteiger partial charge in [-0.25, -0.2) is 13.2 Å². The zero-order valence-corrected chi connectivity index (χ0v) is 8.77. The van der Waals surface area contributed by atoms with Crippen molar-refractivity contribution in [3.63, 3.8) is 0 Å². The van der Waals surface area contributed by atoms with Crippen LogP contribution in [0.15, 0.2) is 12.1 Å². The molecule has 0 atom stereocenters. The molecule has 90 valence electrons. The van der Waals surface area contributed by atoms with Crippen LogP contribution in [0.3, 0.4) is 0 Å². The third-order valence-electron chi connectivity index (χ3n) is 4.08. The van der Waals surface area contributed by atoms with Gasteiger partial charge in [-0.15, -0.1) is 0 Å². The molecule has 1 aromatic carbocycles. The summed E-state index contributed by atoms with van der Waals surface area (Å²) in [4.78, 5) is 10.9. The van der Waals surface area contributed by atoms with Crippen LogP contribution in [0.2, 0.25) is 0 Å². The monoisotopic (exact) mass is 242 g/mol. The van der Waals surface area contributed by atoms with Crippen LogP contribution in [-0.2, 0) is 10.2 Å². The second-order valence-corrected chi connectivity index (χ2v) is 5.15. The van der Waals surface area contributed by atoms with E-state index in [1.165, 1.54) is 0 Å². The third kappa shape index (κ3) is 1.14. The van der Waals surface area contributed by atoms with Crippen molar-refractivity contribution in [2.24, 2.45) is 5.41 Å². The van der Waals surface area contributed by atoms with Crippen molar-refractivity contribution in [2.75, 3.05) is 0 Å². The molecule has 1 aromatic rings. The van der Waals surface area contributed by atoms with Gasteiger partial charge in [0.25, 0.3) is 0 Å². The molecule has 0 saturated heterocycles. The highest BCUT2D eigenvalue weighted by Gasteiger charge is 2.72. The normalized spacial score (nSPS) is 33.8. The number of benzene rings is 1. The van der Waals surface area contributed by atoms with Gasteiger partial charge >= 0.3 is 5.97 Å². The van der Waals surface area contributed by atoms with Gasteiger partial charge in [-0.2, -0.15) is 0 Å². The van der Waals surface area contributed by atoms with E-state index in [4.69, 9.17) is 5.11 Å². The Bertz CT molecular complexity index is 496. The van der Waals surface area contributed by atoms with E-state index in [-0.39, 0.29) is 0 Å². The number of hydrogen-bond donors (Lipinski definition) is 1. The maximum Gasteiger partial charge on any atom is 0.309 e. The Balaban J connectivity index is 1.92. The summed E-state index contributed by atoms with van der Waals surface area (Å²) in [7, 11) is 0. The molecule has 3 fully saturated rings. The molecule has 3 aliphatic carbocycles. The molecule has 3 saturated carbocycles. The fourth-order valence-electron chi connectivity index (χ4n) is 3.18. The standard InChI is InChI=1S/C12H9F3O2/c13-7-1-6(2-8(14)9(7)15)11-3-12(4-11,5-11)10(16)17/h1-2H,3-5H2,(H,16,17). The molecule has 0 aromatic heterocycles. The number of rotatable bonds is 2. The number of aliphatic carboxylic acids is 1. The average Bonchev–Trinajstić information content (AvgIpc) is 2.08. The topological polar surface area (TPSA) is 37.3 Å². The van der Waals surface area contributed by atoms with Gasteiger partial charge in [0.05, 0.1) is 5.41 Å². The van der Waals surface area contributed by atoms with Crippen molar-refractivity contribution in [1.82, 2.24) is 0 Å². The van der Waals surface area contributed by atoms with Crippen LogP contribution in [-0.4, -0.2) is 11.1 Å². The highest BCUT2D eigenvalue weighted by atomic mass is 19.2. The zero-order chi connectivity index (χ0) is 12.4. The molecule has 0 amide bonds. The summed E-state index contributed by atoms with van der Waals surface area (Å²) in [5, 5.41) is 8.94. The van der Waals surface area contributed by atoms with Gasteiger partial charge in [-0.3, -0.25) is 4.79 Å². The lowest BCUT2D eigenvalue weighted by atomic mass is 9.33. The number of carboxylic acids is 1. The van der Waals surface area contributed by atoms with Crippen molar-refractivity contribution in [3.05, 3.63) is 35.1 Å². The van der Waals surface area contributed by atoms with Crippen LogP contribution < -0.4 is 0 Å². The van der Waals surface area contributed by atoms with Crippen LogP contribution >= 0.6 is 0 Å². The summed E-state index contributed by atoms with van der Waals surface area (Å²) in [6, 6.07) is 1.95. The highest BCUT2D eigenvalue weighted by Crippen LogP contribution is 2.73. The molecule has 3 aliphatic rings. The Morgan fingerprint density at radius 3 is 2.00 bits per heavy atom. The summed E-state index contributed by atoms with van der Waals surface area (Å²) in [5.74, 6) is -4.76. The summed E-state index contributed by atoms with van der Waals surface area (Å²) in [5.41, 5.74) is -0.785. The minimum Gasteiger partial charge on any atom is -0.481 e. The van der Waals surface area contributed by atoms with E-state index < -0.39 is 34.3 Å². The molecule has 0 aliphatic heterocycles. The number of halogens is 3. The Labute approximate surface area is 95.1 Å². The van der Waals surface area contributed by atoms with Crippen molar-refractivity contribution in [1.29, 1.82) is 0 Å². The minimum atomic E-state index is -1.48. The Kier molecular flexibility index (Phi) is 1.77. The van der Waals surface area contributed by atoms with Crippen molar-refractivity contribution < 1.29 is 23.1 Å². The lowest BCUT2D eigenvalue weighted by Crippen LogP contribution is -2.67. The summed E-state index contributed by atoms with van der Waals surface area (Å²) in [6.07, 6.45) is 1.17. The van der Waals surface area contributed by atoms with E-state index in [2.05, 4.69) is 0 Å². The van der Waals surface area contributed by atoms with E-state index in [0.717, 1.165) is 12.1 Å². The molecule has 5 heteroatoms. The lowest BCUT2D eigenvalue weighted by Gasteiger charge is -2.68. The van der Waals surface area contributed by atoms with E-state index >= 15 is 0 Å². The fourth-order valence-corrected chi connectivity index (χ4v) is 3.18. The lowest BCUT2D eigenvalue weighted by molar-refractivity contribution is -0.194. The first-order valence-corrected chi connectivity index (χ1v) is 5.27. The van der Waals surface area contributed by atoms with Crippen LogP contribution in [0.4, 0.5) is 13.2 Å². The Morgan fingerprint density at radius 1 is 1.12 bits per heavy atom. The molecule has 4 rings (SSSR count).